The van der Waals surface area contributed by atoms with Gasteiger partial charge >= 0.3 is 0 Å². The third-order valence-electron chi connectivity index (χ3n) is 5.97. The lowest BCUT2D eigenvalue weighted by atomic mass is 10.1. The van der Waals surface area contributed by atoms with Gasteiger partial charge in [-0.15, -0.1) is 0 Å². The summed E-state index contributed by atoms with van der Waals surface area (Å²) in [6.07, 6.45) is 4.14. The van der Waals surface area contributed by atoms with Crippen LogP contribution in [0.25, 0.3) is 6.08 Å². The number of hydrogen-bond acceptors (Lipinski definition) is 5. The summed E-state index contributed by atoms with van der Waals surface area (Å²) in [6.45, 7) is 11.9. The van der Waals surface area contributed by atoms with Gasteiger partial charge in [-0.1, -0.05) is 48.9 Å². The van der Waals surface area contributed by atoms with Crippen LogP contribution in [0.1, 0.15) is 56.5 Å². The fourth-order valence-electron chi connectivity index (χ4n) is 4.20. The van der Waals surface area contributed by atoms with Crippen molar-refractivity contribution in [1.29, 1.82) is 0 Å². The number of amides is 1. The molecule has 0 saturated carbocycles. The average molecular weight is 483 g/mol. The molecule has 0 aliphatic rings. The van der Waals surface area contributed by atoms with Crippen LogP contribution in [0.4, 0.5) is 0 Å². The van der Waals surface area contributed by atoms with Crippen molar-refractivity contribution in [3.05, 3.63) is 59.2 Å². The van der Waals surface area contributed by atoms with Crippen LogP contribution in [-0.4, -0.2) is 69.3 Å². The molecule has 192 valence electrons. The van der Waals surface area contributed by atoms with E-state index in [0.717, 1.165) is 37.1 Å². The summed E-state index contributed by atoms with van der Waals surface area (Å²) in [5.41, 5.74) is 2.76. The number of benzene rings is 2. The Hall–Kier alpha value is -2.99. The van der Waals surface area contributed by atoms with E-state index in [1.807, 2.05) is 23.1 Å². The van der Waals surface area contributed by atoms with Crippen molar-refractivity contribution in [2.75, 3.05) is 47.5 Å². The highest BCUT2D eigenvalue weighted by Crippen LogP contribution is 2.38. The van der Waals surface area contributed by atoms with E-state index in [0.29, 0.717) is 41.9 Å². The van der Waals surface area contributed by atoms with Crippen molar-refractivity contribution >= 4 is 12.0 Å². The molecule has 35 heavy (non-hydrogen) atoms. The molecule has 0 radical (unpaired) electrons. The quantitative estimate of drug-likeness (QED) is 0.342. The Balaban J connectivity index is 2.31. The Morgan fingerprint density at radius 1 is 0.943 bits per heavy atom. The van der Waals surface area contributed by atoms with Crippen LogP contribution in [0.3, 0.4) is 0 Å². The Kier molecular flexibility index (Phi) is 11.6. The smallest absolute Gasteiger partial charge is 0.254 e. The molecule has 0 heterocycles. The second kappa shape index (κ2) is 14.4. The predicted molar refractivity (Wildman–Crippen MR) is 144 cm³/mol. The standard InChI is InChI=1S/C29H42N2O4/c1-8-15-30(22(2)3)16-12-17-31(21-23(4)18-24-13-10-9-11-14-24)29(32)25-19-26(33-5)28(35-7)27(20-25)34-6/h9-11,13-14,18-20,22H,8,12,15-17,21H2,1-7H3/b23-18+. The van der Waals surface area contributed by atoms with Gasteiger partial charge in [-0.3, -0.25) is 4.79 Å². The summed E-state index contributed by atoms with van der Waals surface area (Å²) in [5, 5.41) is 0. The fourth-order valence-corrected chi connectivity index (χ4v) is 4.20. The van der Waals surface area contributed by atoms with E-state index < -0.39 is 0 Å². The van der Waals surface area contributed by atoms with Crippen LogP contribution in [0.15, 0.2) is 48.0 Å². The molecule has 0 unspecified atom stereocenters. The van der Waals surface area contributed by atoms with Crippen LogP contribution in [0.2, 0.25) is 0 Å². The van der Waals surface area contributed by atoms with Crippen molar-refractivity contribution < 1.29 is 19.0 Å². The predicted octanol–water partition coefficient (Wildman–Crippen LogP) is 5.77. The minimum absolute atomic E-state index is 0.0587. The summed E-state index contributed by atoms with van der Waals surface area (Å²) in [4.78, 5) is 18.1. The second-order valence-electron chi connectivity index (χ2n) is 9.03. The molecule has 0 aliphatic heterocycles. The van der Waals surface area contributed by atoms with Crippen molar-refractivity contribution in [3.8, 4) is 17.2 Å². The van der Waals surface area contributed by atoms with Gasteiger partial charge in [-0.2, -0.15) is 0 Å². The maximum absolute atomic E-state index is 13.7. The fraction of sp³-hybridized carbons (Fsp3) is 0.483. The largest absolute Gasteiger partial charge is 0.493 e. The Morgan fingerprint density at radius 3 is 2.09 bits per heavy atom. The zero-order chi connectivity index (χ0) is 25.8. The Bertz CT molecular complexity index is 931. The number of rotatable bonds is 14. The van der Waals surface area contributed by atoms with Gasteiger partial charge in [0.05, 0.1) is 21.3 Å². The van der Waals surface area contributed by atoms with Gasteiger partial charge < -0.3 is 24.0 Å². The minimum Gasteiger partial charge on any atom is -0.493 e. The molecule has 2 aromatic rings. The van der Waals surface area contributed by atoms with Crippen LogP contribution in [-0.2, 0) is 0 Å². The second-order valence-corrected chi connectivity index (χ2v) is 9.03. The van der Waals surface area contributed by atoms with E-state index in [9.17, 15) is 4.79 Å². The van der Waals surface area contributed by atoms with Crippen molar-refractivity contribution in [2.45, 2.75) is 46.6 Å². The van der Waals surface area contributed by atoms with Crippen LogP contribution < -0.4 is 14.2 Å². The van der Waals surface area contributed by atoms with E-state index >= 15 is 0 Å². The molecular formula is C29H42N2O4. The minimum atomic E-state index is -0.0587. The molecule has 0 atom stereocenters. The molecule has 1 amide bonds. The van der Waals surface area contributed by atoms with Gasteiger partial charge in [-0.05, 0) is 57.9 Å². The SMILES string of the molecule is CCCN(CCCN(C/C(C)=C/c1ccccc1)C(=O)c1cc(OC)c(OC)c(OC)c1)C(C)C. The summed E-state index contributed by atoms with van der Waals surface area (Å²) in [7, 11) is 4.68. The first-order valence-electron chi connectivity index (χ1n) is 12.4. The summed E-state index contributed by atoms with van der Waals surface area (Å²) in [6, 6.07) is 14.1. The van der Waals surface area contributed by atoms with Gasteiger partial charge in [0.1, 0.15) is 0 Å². The molecule has 0 aliphatic carbocycles. The van der Waals surface area contributed by atoms with Gasteiger partial charge in [0.25, 0.3) is 5.91 Å². The van der Waals surface area contributed by atoms with Crippen molar-refractivity contribution in [3.63, 3.8) is 0 Å². The molecule has 0 aromatic heterocycles. The van der Waals surface area contributed by atoms with Gasteiger partial charge in [0.2, 0.25) is 5.75 Å². The number of hydrogen-bond donors (Lipinski definition) is 0. The van der Waals surface area contributed by atoms with Crippen molar-refractivity contribution in [2.24, 2.45) is 0 Å². The van der Waals surface area contributed by atoms with E-state index in [-0.39, 0.29) is 5.91 Å². The lowest BCUT2D eigenvalue weighted by Gasteiger charge is -2.28. The van der Waals surface area contributed by atoms with Crippen LogP contribution in [0, 0.1) is 0 Å². The molecule has 6 nitrogen and oxygen atoms in total. The van der Waals surface area contributed by atoms with Crippen molar-refractivity contribution in [1.82, 2.24) is 9.80 Å². The molecule has 0 spiro atoms. The maximum Gasteiger partial charge on any atom is 0.254 e. The third-order valence-corrected chi connectivity index (χ3v) is 5.97. The number of nitrogens with zero attached hydrogens (tertiary/aromatic N) is 2. The van der Waals surface area contributed by atoms with Gasteiger partial charge in [0, 0.05) is 31.2 Å². The number of carbonyl (C=O) groups excluding carboxylic acids is 1. The molecule has 0 bridgehead atoms. The Morgan fingerprint density at radius 2 is 1.57 bits per heavy atom. The van der Waals surface area contributed by atoms with Crippen LogP contribution >= 0.6 is 0 Å². The molecule has 2 rings (SSSR count). The average Bonchev–Trinajstić information content (AvgIpc) is 2.86. The monoisotopic (exact) mass is 482 g/mol. The topological polar surface area (TPSA) is 51.2 Å². The number of carbonyl (C=O) groups is 1. The molecule has 0 saturated heterocycles. The maximum atomic E-state index is 13.7. The lowest BCUT2D eigenvalue weighted by Crippen LogP contribution is -2.37. The van der Waals surface area contributed by atoms with E-state index in [1.165, 1.54) is 0 Å². The molecule has 6 heteroatoms. The van der Waals surface area contributed by atoms with Crippen LogP contribution in [0.5, 0.6) is 17.2 Å². The normalized spacial score (nSPS) is 11.6. The van der Waals surface area contributed by atoms with E-state index in [4.69, 9.17) is 14.2 Å². The highest BCUT2D eigenvalue weighted by Gasteiger charge is 2.22. The summed E-state index contributed by atoms with van der Waals surface area (Å²) in [5.74, 6) is 1.36. The first-order valence-corrected chi connectivity index (χ1v) is 12.4. The third kappa shape index (κ3) is 8.32. The van der Waals surface area contributed by atoms with Gasteiger partial charge in [-0.25, -0.2) is 0 Å². The number of methoxy groups -OCH3 is 3. The Labute approximate surface area is 211 Å². The highest BCUT2D eigenvalue weighted by atomic mass is 16.5. The molecule has 2 aromatic carbocycles. The zero-order valence-electron chi connectivity index (χ0n) is 22.5. The van der Waals surface area contributed by atoms with E-state index in [2.05, 4.69) is 50.8 Å². The highest BCUT2D eigenvalue weighted by molar-refractivity contribution is 5.96. The molecule has 0 N–H and O–H groups in total. The van der Waals surface area contributed by atoms with Gasteiger partial charge in [0.15, 0.2) is 11.5 Å². The molecular weight excluding hydrogens is 440 g/mol. The summed E-state index contributed by atoms with van der Waals surface area (Å²) < 4.78 is 16.4. The molecule has 0 fully saturated rings. The summed E-state index contributed by atoms with van der Waals surface area (Å²) >= 11 is 0. The first-order chi connectivity index (χ1) is 16.8. The number of ether oxygens (including phenoxy) is 3. The van der Waals surface area contributed by atoms with E-state index in [1.54, 1.807) is 33.5 Å². The zero-order valence-corrected chi connectivity index (χ0v) is 22.5. The lowest BCUT2D eigenvalue weighted by molar-refractivity contribution is 0.0759. The first kappa shape index (κ1) is 28.2.